The molecule has 0 N–H and O–H groups in total. The molecule has 0 spiro atoms. The molecule has 0 saturated carbocycles. The molecular weight excluding hydrogens is 368 g/mol. The summed E-state index contributed by atoms with van der Waals surface area (Å²) < 4.78 is 7.04. The number of carbonyl (C=O) groups excluding carboxylic acids is 1. The monoisotopic (exact) mass is 390 g/mol. The van der Waals surface area contributed by atoms with E-state index in [1.54, 1.807) is 0 Å². The van der Waals surface area contributed by atoms with Gasteiger partial charge in [-0.05, 0) is 37.7 Å². The van der Waals surface area contributed by atoms with Gasteiger partial charge in [-0.2, -0.15) is 0 Å². The van der Waals surface area contributed by atoms with Gasteiger partial charge in [0, 0.05) is 11.3 Å². The van der Waals surface area contributed by atoms with Crippen molar-refractivity contribution in [2.24, 2.45) is 5.92 Å². The van der Waals surface area contributed by atoms with Gasteiger partial charge < -0.3 is 4.74 Å². The Hall–Kier alpha value is -1.67. The summed E-state index contributed by atoms with van der Waals surface area (Å²) in [6.07, 6.45) is 4.20. The first-order chi connectivity index (χ1) is 12.6. The summed E-state index contributed by atoms with van der Waals surface area (Å²) in [5.41, 5.74) is 2.28. The fourth-order valence-electron chi connectivity index (χ4n) is 3.53. The highest BCUT2D eigenvalue weighted by Gasteiger charge is 2.25. The van der Waals surface area contributed by atoms with E-state index in [-0.39, 0.29) is 11.7 Å². The molecule has 6 nitrogen and oxygen atoms in total. The zero-order valence-corrected chi connectivity index (χ0v) is 16.9. The fraction of sp³-hybridized carbons (Fsp3) is 0.556. The number of rotatable bonds is 5. The van der Waals surface area contributed by atoms with Crippen LogP contribution < -0.4 is 0 Å². The topological polar surface area (TPSA) is 69.4 Å². The van der Waals surface area contributed by atoms with E-state index in [9.17, 15) is 4.79 Å². The number of nitrogens with zero attached hydrogens (tertiary/aromatic N) is 4. The molecule has 4 rings (SSSR count). The van der Waals surface area contributed by atoms with Crippen molar-refractivity contribution in [3.63, 3.8) is 0 Å². The Morgan fingerprint density at radius 2 is 2.23 bits per heavy atom. The molecule has 1 atom stereocenters. The number of ether oxygens (including phenoxy) is 1. The first-order valence-electron chi connectivity index (χ1n) is 9.09. The van der Waals surface area contributed by atoms with Crippen LogP contribution in [0.2, 0.25) is 0 Å². The quantitative estimate of drug-likeness (QED) is 0.489. The highest BCUT2D eigenvalue weighted by atomic mass is 32.2. The second-order valence-electron chi connectivity index (χ2n) is 6.65. The third-order valence-electron chi connectivity index (χ3n) is 4.78. The van der Waals surface area contributed by atoms with Crippen LogP contribution in [-0.2, 0) is 28.8 Å². The minimum absolute atomic E-state index is 0.231. The maximum atomic E-state index is 11.7. The van der Waals surface area contributed by atoms with Crippen molar-refractivity contribution in [2.75, 3.05) is 12.4 Å². The second-order valence-corrected chi connectivity index (χ2v) is 8.67. The number of thioether (sulfide) groups is 1. The maximum absolute atomic E-state index is 11.7. The lowest BCUT2D eigenvalue weighted by Gasteiger charge is -2.17. The Morgan fingerprint density at radius 3 is 3.00 bits per heavy atom. The number of esters is 1. The largest absolute Gasteiger partial charge is 0.465 e. The maximum Gasteiger partial charge on any atom is 0.316 e. The van der Waals surface area contributed by atoms with Gasteiger partial charge in [-0.1, -0.05) is 25.6 Å². The highest BCUT2D eigenvalue weighted by molar-refractivity contribution is 7.99. The van der Waals surface area contributed by atoms with Crippen LogP contribution in [0, 0.1) is 5.92 Å². The lowest BCUT2D eigenvalue weighted by molar-refractivity contribution is -0.139. The van der Waals surface area contributed by atoms with E-state index in [1.165, 1.54) is 28.6 Å². The molecular formula is C18H22N4O2S2. The van der Waals surface area contributed by atoms with Crippen LogP contribution in [0.25, 0.3) is 15.9 Å². The summed E-state index contributed by atoms with van der Waals surface area (Å²) in [6, 6.07) is 0. The highest BCUT2D eigenvalue weighted by Crippen LogP contribution is 2.39. The van der Waals surface area contributed by atoms with E-state index in [0.717, 1.165) is 46.9 Å². The molecule has 1 aliphatic rings. The molecule has 8 heteroatoms. The van der Waals surface area contributed by atoms with Gasteiger partial charge in [0.25, 0.3) is 0 Å². The first-order valence-corrected chi connectivity index (χ1v) is 10.9. The van der Waals surface area contributed by atoms with E-state index in [4.69, 9.17) is 9.72 Å². The van der Waals surface area contributed by atoms with Gasteiger partial charge in [0.15, 0.2) is 10.8 Å². The molecule has 138 valence electrons. The number of aromatic nitrogens is 4. The fourth-order valence-corrected chi connectivity index (χ4v) is 5.68. The van der Waals surface area contributed by atoms with Gasteiger partial charge in [-0.25, -0.2) is 4.98 Å². The summed E-state index contributed by atoms with van der Waals surface area (Å²) in [5, 5.41) is 10.7. The SMILES string of the molecule is CCOC(=O)CSc1nnc2c3c4c(sc3nc(CC)n12)CC(C)CC4. The number of hydrogen-bond donors (Lipinski definition) is 0. The number of fused-ring (bicyclic) bond motifs is 5. The minimum atomic E-state index is -0.233. The second kappa shape index (κ2) is 7.15. The standard InChI is InChI=1S/C18H22N4O2S2/c1-4-13-19-17-15(11-7-6-10(3)8-12(11)26-17)16-20-21-18(22(13)16)25-9-14(23)24-5-2/h10H,4-9H2,1-3H3. The van der Waals surface area contributed by atoms with E-state index in [2.05, 4.69) is 24.0 Å². The zero-order chi connectivity index (χ0) is 18.3. The van der Waals surface area contributed by atoms with Crippen molar-refractivity contribution in [3.8, 4) is 0 Å². The van der Waals surface area contributed by atoms with Gasteiger partial charge in [0.1, 0.15) is 10.7 Å². The van der Waals surface area contributed by atoms with Crippen LogP contribution in [0.1, 0.15) is 43.5 Å². The van der Waals surface area contributed by atoms with E-state index >= 15 is 0 Å². The van der Waals surface area contributed by atoms with Crippen LogP contribution >= 0.6 is 23.1 Å². The smallest absolute Gasteiger partial charge is 0.316 e. The van der Waals surface area contributed by atoms with Crippen LogP contribution in [0.3, 0.4) is 0 Å². The van der Waals surface area contributed by atoms with E-state index in [1.807, 2.05) is 22.7 Å². The summed E-state index contributed by atoms with van der Waals surface area (Å²) in [6.45, 7) is 6.60. The van der Waals surface area contributed by atoms with Gasteiger partial charge in [-0.15, -0.1) is 21.5 Å². The Kier molecular flexibility index (Phi) is 4.88. The molecule has 0 aromatic carbocycles. The molecule has 1 aliphatic carbocycles. The van der Waals surface area contributed by atoms with Crippen molar-refractivity contribution in [2.45, 2.75) is 51.6 Å². The number of aryl methyl sites for hydroxylation is 2. The number of hydrogen-bond acceptors (Lipinski definition) is 7. The zero-order valence-electron chi connectivity index (χ0n) is 15.2. The van der Waals surface area contributed by atoms with Crippen LogP contribution in [0.5, 0.6) is 0 Å². The summed E-state index contributed by atoms with van der Waals surface area (Å²) in [7, 11) is 0. The summed E-state index contributed by atoms with van der Waals surface area (Å²) in [5.74, 6) is 1.67. The predicted octanol–water partition coefficient (Wildman–Crippen LogP) is 3.68. The van der Waals surface area contributed by atoms with E-state index < -0.39 is 0 Å². The molecule has 3 heterocycles. The van der Waals surface area contributed by atoms with Crippen molar-refractivity contribution in [1.29, 1.82) is 0 Å². The molecule has 26 heavy (non-hydrogen) atoms. The minimum Gasteiger partial charge on any atom is -0.465 e. The van der Waals surface area contributed by atoms with Gasteiger partial charge in [0.2, 0.25) is 0 Å². The lowest BCUT2D eigenvalue weighted by Crippen LogP contribution is -2.09. The number of thiophene rings is 1. The van der Waals surface area contributed by atoms with Crippen molar-refractivity contribution in [3.05, 3.63) is 16.3 Å². The number of carbonyl (C=O) groups is 1. The summed E-state index contributed by atoms with van der Waals surface area (Å²) >= 11 is 3.17. The van der Waals surface area contributed by atoms with Crippen molar-refractivity contribution in [1.82, 2.24) is 19.6 Å². The predicted molar refractivity (Wildman–Crippen MR) is 104 cm³/mol. The molecule has 3 aromatic heterocycles. The Labute approximate surface area is 160 Å². The lowest BCUT2D eigenvalue weighted by atomic mass is 9.89. The average molecular weight is 391 g/mol. The molecule has 0 fully saturated rings. The average Bonchev–Trinajstić information content (AvgIpc) is 3.19. The van der Waals surface area contributed by atoms with Crippen LogP contribution in [0.4, 0.5) is 0 Å². The molecule has 0 aliphatic heterocycles. The van der Waals surface area contributed by atoms with Gasteiger partial charge in [0.05, 0.1) is 17.7 Å². The molecule has 0 radical (unpaired) electrons. The first kappa shape index (κ1) is 17.7. The Balaban J connectivity index is 1.82. The summed E-state index contributed by atoms with van der Waals surface area (Å²) in [4.78, 5) is 19.1. The van der Waals surface area contributed by atoms with Crippen LogP contribution in [-0.4, -0.2) is 37.9 Å². The molecule has 3 aromatic rings. The molecule has 0 saturated heterocycles. The third kappa shape index (κ3) is 2.99. The van der Waals surface area contributed by atoms with Crippen molar-refractivity contribution < 1.29 is 9.53 Å². The van der Waals surface area contributed by atoms with Gasteiger partial charge in [-0.3, -0.25) is 9.20 Å². The Morgan fingerprint density at radius 1 is 1.38 bits per heavy atom. The molecule has 0 amide bonds. The Bertz CT molecular complexity index is 979. The third-order valence-corrected chi connectivity index (χ3v) is 6.83. The normalized spacial score (nSPS) is 17.0. The molecule has 1 unspecified atom stereocenters. The van der Waals surface area contributed by atoms with Gasteiger partial charge >= 0.3 is 5.97 Å². The molecule has 0 bridgehead atoms. The van der Waals surface area contributed by atoms with E-state index in [0.29, 0.717) is 11.8 Å². The van der Waals surface area contributed by atoms with Crippen LogP contribution in [0.15, 0.2) is 5.16 Å². The van der Waals surface area contributed by atoms with Crippen molar-refractivity contribution >= 4 is 44.9 Å².